The van der Waals surface area contributed by atoms with Gasteiger partial charge in [0.15, 0.2) is 12.4 Å². The molecule has 3 atom stereocenters. The van der Waals surface area contributed by atoms with Gasteiger partial charge in [-0.15, -0.1) is 16.9 Å². The number of fused-ring (bicyclic) bond motifs is 2. The molecule has 1 saturated heterocycles. The standard InChI is InChI=1S/C31H39N7O8S2/c1-16(2)23(33-30(43)46-31(3,4)5)20(39)13-45-28(42)25-19(15-48-29-34-35-36-37(29)6)14-47-27-24(26(41)38(25)27)32-22(40)12-17-7-8-21-18(11-17)9-10-44-21/h7-8,11,16,23-24,27H,9-10,12-15H2,1-6H3,(H,32,40)(H,33,43). The zero-order valence-electron chi connectivity index (χ0n) is 27.6. The van der Waals surface area contributed by atoms with Crippen molar-refractivity contribution in [3.8, 4) is 5.75 Å². The van der Waals surface area contributed by atoms with Crippen LogP contribution < -0.4 is 15.4 Å². The van der Waals surface area contributed by atoms with Gasteiger partial charge in [0.05, 0.1) is 19.1 Å². The molecule has 1 fully saturated rings. The molecule has 2 aromatic rings. The molecule has 1 aromatic heterocycles. The third-order valence-electron chi connectivity index (χ3n) is 7.66. The average Bonchev–Trinajstić information content (AvgIpc) is 3.66. The molecule has 4 heterocycles. The van der Waals surface area contributed by atoms with Crippen LogP contribution in [0.25, 0.3) is 0 Å². The summed E-state index contributed by atoms with van der Waals surface area (Å²) in [5, 5.41) is 16.8. The molecular formula is C31H39N7O8S2. The lowest BCUT2D eigenvalue weighted by Crippen LogP contribution is -2.70. The lowest BCUT2D eigenvalue weighted by molar-refractivity contribution is -0.154. The van der Waals surface area contributed by atoms with Crippen molar-refractivity contribution in [2.45, 2.75) is 75.7 Å². The second kappa shape index (κ2) is 14.6. The SMILES string of the molecule is CC(C)C(NC(=O)OC(C)(C)C)C(=O)COC(=O)C1=C(CSc2nnnn2C)CSC2C(NC(=O)Cc3ccc4c(c3)CCO4)C(=O)N12. The fraction of sp³-hybridized carbons (Fsp3) is 0.548. The van der Waals surface area contributed by atoms with Crippen molar-refractivity contribution in [2.24, 2.45) is 13.0 Å². The monoisotopic (exact) mass is 701 g/mol. The molecule has 5 rings (SSSR count). The lowest BCUT2D eigenvalue weighted by Gasteiger charge is -2.49. The number of carbonyl (C=O) groups is 5. The van der Waals surface area contributed by atoms with Crippen LogP contribution in [0.2, 0.25) is 0 Å². The van der Waals surface area contributed by atoms with Crippen LogP contribution in [0, 0.1) is 5.92 Å². The van der Waals surface area contributed by atoms with E-state index in [0.717, 1.165) is 23.3 Å². The number of aryl methyl sites for hydroxylation is 1. The minimum atomic E-state index is -0.974. The van der Waals surface area contributed by atoms with E-state index >= 15 is 0 Å². The van der Waals surface area contributed by atoms with Crippen LogP contribution in [0.4, 0.5) is 4.79 Å². The van der Waals surface area contributed by atoms with Crippen LogP contribution in [-0.2, 0) is 48.5 Å². The Balaban J connectivity index is 1.27. The summed E-state index contributed by atoms with van der Waals surface area (Å²) in [6.07, 6.45) is 0.101. The number of ketones is 1. The quantitative estimate of drug-likeness (QED) is 0.186. The average molecular weight is 702 g/mol. The van der Waals surface area contributed by atoms with Crippen molar-refractivity contribution < 1.29 is 38.2 Å². The number of tetrazole rings is 1. The van der Waals surface area contributed by atoms with E-state index in [-0.39, 0.29) is 29.7 Å². The van der Waals surface area contributed by atoms with Crippen LogP contribution in [0.1, 0.15) is 45.7 Å². The minimum absolute atomic E-state index is 0.0181. The topological polar surface area (TPSA) is 184 Å². The van der Waals surface area contributed by atoms with Crippen molar-refractivity contribution in [2.75, 3.05) is 24.7 Å². The number of benzene rings is 1. The largest absolute Gasteiger partial charge is 0.493 e. The van der Waals surface area contributed by atoms with E-state index in [9.17, 15) is 24.0 Å². The van der Waals surface area contributed by atoms with Gasteiger partial charge in [0, 0.05) is 25.0 Å². The number of hydrogen-bond donors (Lipinski definition) is 2. The Labute approximate surface area is 286 Å². The first kappa shape index (κ1) is 35.2. The number of amides is 3. The first-order valence-electron chi connectivity index (χ1n) is 15.5. The molecule has 3 amide bonds. The Kier molecular flexibility index (Phi) is 10.7. The predicted molar refractivity (Wildman–Crippen MR) is 175 cm³/mol. The van der Waals surface area contributed by atoms with E-state index in [4.69, 9.17) is 14.2 Å². The summed E-state index contributed by atoms with van der Waals surface area (Å²) in [6.45, 7) is 8.58. The van der Waals surface area contributed by atoms with Crippen LogP contribution >= 0.6 is 23.5 Å². The summed E-state index contributed by atoms with van der Waals surface area (Å²) < 4.78 is 17.8. The van der Waals surface area contributed by atoms with Crippen molar-refractivity contribution in [1.29, 1.82) is 0 Å². The van der Waals surface area contributed by atoms with Gasteiger partial charge >= 0.3 is 12.1 Å². The third kappa shape index (κ3) is 8.11. The van der Waals surface area contributed by atoms with Crippen molar-refractivity contribution in [1.82, 2.24) is 35.7 Å². The van der Waals surface area contributed by atoms with Gasteiger partial charge in [0.25, 0.3) is 5.91 Å². The van der Waals surface area contributed by atoms with Crippen molar-refractivity contribution >= 4 is 53.2 Å². The van der Waals surface area contributed by atoms with E-state index in [1.807, 2.05) is 18.2 Å². The summed E-state index contributed by atoms with van der Waals surface area (Å²) in [6, 6.07) is 3.80. The molecule has 1 aromatic carbocycles. The maximum atomic E-state index is 13.6. The molecule has 0 bridgehead atoms. The number of esters is 1. The molecule has 0 spiro atoms. The summed E-state index contributed by atoms with van der Waals surface area (Å²) in [4.78, 5) is 67.0. The van der Waals surface area contributed by atoms with Gasteiger partial charge in [-0.1, -0.05) is 37.7 Å². The summed E-state index contributed by atoms with van der Waals surface area (Å²) in [7, 11) is 1.68. The Morgan fingerprint density at radius 3 is 2.67 bits per heavy atom. The lowest BCUT2D eigenvalue weighted by atomic mass is 10.0. The fourth-order valence-electron chi connectivity index (χ4n) is 5.39. The van der Waals surface area contributed by atoms with Crippen LogP contribution in [0.3, 0.4) is 0 Å². The van der Waals surface area contributed by atoms with Crippen molar-refractivity contribution in [3.63, 3.8) is 0 Å². The fourth-order valence-corrected chi connectivity index (χ4v) is 7.72. The highest BCUT2D eigenvalue weighted by molar-refractivity contribution is 8.01. The Morgan fingerprint density at radius 2 is 1.98 bits per heavy atom. The number of ether oxygens (including phenoxy) is 3. The molecule has 15 nitrogen and oxygen atoms in total. The summed E-state index contributed by atoms with van der Waals surface area (Å²) >= 11 is 2.69. The first-order valence-corrected chi connectivity index (χ1v) is 17.5. The molecule has 0 radical (unpaired) electrons. The van der Waals surface area contributed by atoms with Crippen LogP contribution in [0.5, 0.6) is 5.75 Å². The molecule has 3 aliphatic heterocycles. The maximum Gasteiger partial charge on any atom is 0.408 e. The Bertz CT molecular complexity index is 1640. The van der Waals surface area contributed by atoms with E-state index in [2.05, 4.69) is 26.2 Å². The van der Waals surface area contributed by atoms with E-state index in [1.165, 1.54) is 33.1 Å². The van der Waals surface area contributed by atoms with Crippen LogP contribution in [-0.4, -0.2) is 103 Å². The number of aromatic nitrogens is 4. The summed E-state index contributed by atoms with van der Waals surface area (Å²) in [5.74, 6) is -1.06. The number of nitrogens with zero attached hydrogens (tertiary/aromatic N) is 5. The molecule has 2 N–H and O–H groups in total. The highest BCUT2D eigenvalue weighted by Crippen LogP contribution is 2.42. The number of nitrogens with one attached hydrogen (secondary N) is 2. The van der Waals surface area contributed by atoms with Gasteiger partial charge < -0.3 is 24.8 Å². The van der Waals surface area contributed by atoms with Crippen LogP contribution in [0.15, 0.2) is 34.6 Å². The molecule has 3 aliphatic rings. The number of β-lactam (4-membered cyclic amide) rings is 1. The first-order chi connectivity index (χ1) is 22.7. The molecular weight excluding hydrogens is 663 g/mol. The van der Waals surface area contributed by atoms with Gasteiger partial charge in [-0.3, -0.25) is 19.3 Å². The second-order valence-electron chi connectivity index (χ2n) is 12.9. The Hall–Kier alpha value is -4.12. The van der Waals surface area contributed by atoms with Gasteiger partial charge in [0.1, 0.15) is 28.5 Å². The van der Waals surface area contributed by atoms with E-state index in [0.29, 0.717) is 23.1 Å². The minimum Gasteiger partial charge on any atom is -0.493 e. The second-order valence-corrected chi connectivity index (χ2v) is 15.0. The molecule has 48 heavy (non-hydrogen) atoms. The zero-order chi connectivity index (χ0) is 34.7. The van der Waals surface area contributed by atoms with Gasteiger partial charge in [-0.25, -0.2) is 14.3 Å². The summed E-state index contributed by atoms with van der Waals surface area (Å²) in [5.41, 5.74) is 1.70. The number of alkyl carbamates (subject to hydrolysis) is 1. The number of Topliss-reactive ketones (excluding diaryl/α,β-unsaturated/α-hetero) is 1. The molecule has 0 aliphatic carbocycles. The normalized spacial score (nSPS) is 19.1. The van der Waals surface area contributed by atoms with Gasteiger partial charge in [-0.05, 0) is 59.9 Å². The highest BCUT2D eigenvalue weighted by atomic mass is 32.2. The van der Waals surface area contributed by atoms with Gasteiger partial charge in [-0.2, -0.15) is 0 Å². The molecule has 258 valence electrons. The third-order valence-corrected chi connectivity index (χ3v) is 10.1. The van der Waals surface area contributed by atoms with E-state index in [1.54, 1.807) is 41.7 Å². The number of hydrogen-bond acceptors (Lipinski definition) is 13. The molecule has 17 heteroatoms. The van der Waals surface area contributed by atoms with Gasteiger partial charge in [0.2, 0.25) is 11.1 Å². The smallest absolute Gasteiger partial charge is 0.408 e. The maximum absolute atomic E-state index is 13.6. The molecule has 3 unspecified atom stereocenters. The number of rotatable bonds is 12. The number of carbonyl (C=O) groups excluding carboxylic acids is 5. The van der Waals surface area contributed by atoms with E-state index < -0.39 is 53.4 Å². The molecule has 0 saturated carbocycles. The Morgan fingerprint density at radius 1 is 1.21 bits per heavy atom. The number of thioether (sulfide) groups is 2. The predicted octanol–water partition coefficient (Wildman–Crippen LogP) is 1.80. The highest BCUT2D eigenvalue weighted by Gasteiger charge is 2.54. The van der Waals surface area contributed by atoms with Crippen molar-refractivity contribution in [3.05, 3.63) is 40.6 Å². The zero-order valence-corrected chi connectivity index (χ0v) is 29.2.